The van der Waals surface area contributed by atoms with Crippen LogP contribution in [-0.2, 0) is 19.1 Å². The van der Waals surface area contributed by atoms with E-state index in [9.17, 15) is 27.6 Å². The number of esters is 1. The highest BCUT2D eigenvalue weighted by Crippen LogP contribution is 2.28. The maximum atomic E-state index is 12.8. The highest BCUT2D eigenvalue weighted by atomic mass is 19.4. The summed E-state index contributed by atoms with van der Waals surface area (Å²) in [6.07, 6.45) is -3.06. The second kappa shape index (κ2) is 8.73. The van der Waals surface area contributed by atoms with Gasteiger partial charge in [0.1, 0.15) is 17.7 Å². The van der Waals surface area contributed by atoms with Crippen molar-refractivity contribution in [1.29, 1.82) is 0 Å². The van der Waals surface area contributed by atoms with E-state index >= 15 is 0 Å². The molecule has 0 aromatic rings. The molecule has 1 saturated carbocycles. The number of alkyl halides is 3. The summed E-state index contributed by atoms with van der Waals surface area (Å²) in [5.74, 6) is -2.57. The van der Waals surface area contributed by atoms with Crippen molar-refractivity contribution in [2.45, 2.75) is 83.7 Å². The van der Waals surface area contributed by atoms with Gasteiger partial charge in [-0.3, -0.25) is 9.59 Å². The number of ether oxygens (including phenoxy) is 1. The quantitative estimate of drug-likeness (QED) is 0.694. The Bertz CT molecular complexity index is 523. The van der Waals surface area contributed by atoms with Crippen LogP contribution in [0, 0.1) is 5.92 Å². The fourth-order valence-electron chi connectivity index (χ4n) is 2.97. The van der Waals surface area contributed by atoms with Gasteiger partial charge in [0.2, 0.25) is 11.8 Å². The number of carbonyl (C=O) groups excluding carboxylic acids is 3. The standard InChI is InChI=1S/C17H27F3N2O4/c1-10(23)21-13(11-7-5-6-8-11)14(24)22-12(9-17(18,19)20)15(25)26-16(2,3)4/h11-13H,5-9H2,1-4H3,(H,21,23)(H,22,24). The summed E-state index contributed by atoms with van der Waals surface area (Å²) in [5.41, 5.74) is -0.992. The third-order valence-electron chi connectivity index (χ3n) is 3.96. The molecule has 1 fully saturated rings. The minimum atomic E-state index is -4.66. The molecule has 0 aliphatic heterocycles. The van der Waals surface area contributed by atoms with Crippen LogP contribution in [0.2, 0.25) is 0 Å². The monoisotopic (exact) mass is 380 g/mol. The van der Waals surface area contributed by atoms with Crippen LogP contribution in [0.1, 0.15) is 59.8 Å². The predicted molar refractivity (Wildman–Crippen MR) is 88.0 cm³/mol. The third-order valence-corrected chi connectivity index (χ3v) is 3.96. The molecule has 9 heteroatoms. The van der Waals surface area contributed by atoms with Gasteiger partial charge in [-0.1, -0.05) is 12.8 Å². The Balaban J connectivity index is 2.92. The van der Waals surface area contributed by atoms with Gasteiger partial charge in [0, 0.05) is 6.92 Å². The second-order valence-electron chi connectivity index (χ2n) is 7.64. The average molecular weight is 380 g/mol. The second-order valence-corrected chi connectivity index (χ2v) is 7.64. The smallest absolute Gasteiger partial charge is 0.391 e. The normalized spacial score (nSPS) is 18.1. The molecule has 2 N–H and O–H groups in total. The van der Waals surface area contributed by atoms with Crippen molar-refractivity contribution >= 4 is 17.8 Å². The molecule has 0 radical (unpaired) electrons. The highest BCUT2D eigenvalue weighted by Gasteiger charge is 2.40. The molecule has 0 aromatic heterocycles. The lowest BCUT2D eigenvalue weighted by atomic mass is 9.96. The maximum Gasteiger partial charge on any atom is 0.391 e. The Labute approximate surface area is 151 Å². The van der Waals surface area contributed by atoms with Crippen molar-refractivity contribution in [1.82, 2.24) is 10.6 Å². The minimum Gasteiger partial charge on any atom is -0.458 e. The van der Waals surface area contributed by atoms with Crippen molar-refractivity contribution in [3.05, 3.63) is 0 Å². The van der Waals surface area contributed by atoms with Crippen LogP contribution in [0.5, 0.6) is 0 Å². The number of halogens is 3. The van der Waals surface area contributed by atoms with Crippen LogP contribution in [0.15, 0.2) is 0 Å². The summed E-state index contributed by atoms with van der Waals surface area (Å²) in [6, 6.07) is -2.83. The Morgan fingerprint density at radius 1 is 1.08 bits per heavy atom. The first-order valence-electron chi connectivity index (χ1n) is 8.65. The molecule has 0 saturated heterocycles. The van der Waals surface area contributed by atoms with Gasteiger partial charge < -0.3 is 15.4 Å². The Morgan fingerprint density at radius 2 is 1.62 bits per heavy atom. The van der Waals surface area contributed by atoms with Crippen LogP contribution in [0.3, 0.4) is 0 Å². The SMILES string of the molecule is CC(=O)NC(C(=O)NC(CC(F)(F)F)C(=O)OC(C)(C)C)C1CCCC1. The summed E-state index contributed by atoms with van der Waals surface area (Å²) in [7, 11) is 0. The Morgan fingerprint density at radius 3 is 2.04 bits per heavy atom. The first kappa shape index (κ1) is 22.2. The number of hydrogen-bond acceptors (Lipinski definition) is 4. The van der Waals surface area contributed by atoms with E-state index in [1.54, 1.807) is 0 Å². The van der Waals surface area contributed by atoms with E-state index in [0.29, 0.717) is 12.8 Å². The van der Waals surface area contributed by atoms with E-state index < -0.39 is 48.1 Å². The fraction of sp³-hybridized carbons (Fsp3) is 0.824. The van der Waals surface area contributed by atoms with E-state index in [-0.39, 0.29) is 5.92 Å². The van der Waals surface area contributed by atoms with Crippen molar-refractivity contribution in [3.63, 3.8) is 0 Å². The zero-order chi connectivity index (χ0) is 20.1. The lowest BCUT2D eigenvalue weighted by Crippen LogP contribution is -2.55. The zero-order valence-electron chi connectivity index (χ0n) is 15.5. The number of nitrogens with one attached hydrogen (secondary N) is 2. The lowest BCUT2D eigenvalue weighted by Gasteiger charge is -2.28. The van der Waals surface area contributed by atoms with Gasteiger partial charge in [-0.15, -0.1) is 0 Å². The van der Waals surface area contributed by atoms with E-state index in [1.807, 2.05) is 0 Å². The first-order valence-corrected chi connectivity index (χ1v) is 8.65. The van der Waals surface area contributed by atoms with E-state index in [4.69, 9.17) is 4.74 Å². The molecule has 1 rings (SSSR count). The van der Waals surface area contributed by atoms with Crippen LogP contribution in [0.4, 0.5) is 13.2 Å². The van der Waals surface area contributed by atoms with Gasteiger partial charge in [-0.2, -0.15) is 13.2 Å². The van der Waals surface area contributed by atoms with Gasteiger partial charge in [-0.25, -0.2) is 4.79 Å². The van der Waals surface area contributed by atoms with Crippen molar-refractivity contribution in [2.24, 2.45) is 5.92 Å². The topological polar surface area (TPSA) is 84.5 Å². The van der Waals surface area contributed by atoms with Gasteiger partial charge in [0.05, 0.1) is 6.42 Å². The molecule has 150 valence electrons. The molecule has 1 aliphatic carbocycles. The van der Waals surface area contributed by atoms with Crippen molar-refractivity contribution in [2.75, 3.05) is 0 Å². The predicted octanol–water partition coefficient (Wildman–Crippen LogP) is 2.46. The maximum absolute atomic E-state index is 12.8. The summed E-state index contributed by atoms with van der Waals surface area (Å²) >= 11 is 0. The lowest BCUT2D eigenvalue weighted by molar-refractivity contribution is -0.172. The number of amides is 2. The molecule has 6 nitrogen and oxygen atoms in total. The first-order chi connectivity index (χ1) is 11.8. The molecular formula is C17H27F3N2O4. The van der Waals surface area contributed by atoms with Crippen LogP contribution >= 0.6 is 0 Å². The molecule has 26 heavy (non-hydrogen) atoms. The van der Waals surface area contributed by atoms with Gasteiger partial charge >= 0.3 is 12.1 Å². The summed E-state index contributed by atoms with van der Waals surface area (Å²) in [4.78, 5) is 36.0. The van der Waals surface area contributed by atoms with Gasteiger partial charge in [0.15, 0.2) is 0 Å². The molecule has 2 atom stereocenters. The Kier molecular flexibility index (Phi) is 7.46. The minimum absolute atomic E-state index is 0.163. The molecule has 0 heterocycles. The van der Waals surface area contributed by atoms with Crippen LogP contribution in [0.25, 0.3) is 0 Å². The van der Waals surface area contributed by atoms with E-state index in [0.717, 1.165) is 12.8 Å². The van der Waals surface area contributed by atoms with Crippen molar-refractivity contribution < 1.29 is 32.3 Å². The van der Waals surface area contributed by atoms with Crippen LogP contribution in [-0.4, -0.2) is 41.6 Å². The summed E-state index contributed by atoms with van der Waals surface area (Å²) < 4.78 is 43.5. The fourth-order valence-corrected chi connectivity index (χ4v) is 2.97. The van der Waals surface area contributed by atoms with Crippen molar-refractivity contribution in [3.8, 4) is 0 Å². The largest absolute Gasteiger partial charge is 0.458 e. The average Bonchev–Trinajstić information content (AvgIpc) is 2.94. The molecule has 0 bridgehead atoms. The van der Waals surface area contributed by atoms with E-state index in [2.05, 4.69) is 10.6 Å². The molecule has 0 aromatic carbocycles. The molecule has 2 unspecified atom stereocenters. The van der Waals surface area contributed by atoms with Crippen LogP contribution < -0.4 is 10.6 Å². The number of hydrogen-bond donors (Lipinski definition) is 2. The molecular weight excluding hydrogens is 353 g/mol. The molecule has 1 aliphatic rings. The number of rotatable bonds is 6. The van der Waals surface area contributed by atoms with E-state index in [1.165, 1.54) is 27.7 Å². The molecule has 0 spiro atoms. The zero-order valence-corrected chi connectivity index (χ0v) is 15.5. The van der Waals surface area contributed by atoms with Gasteiger partial charge in [0.25, 0.3) is 0 Å². The number of carbonyl (C=O) groups is 3. The highest BCUT2D eigenvalue weighted by molar-refractivity contribution is 5.90. The van der Waals surface area contributed by atoms with Gasteiger partial charge in [-0.05, 0) is 39.5 Å². The summed E-state index contributed by atoms with van der Waals surface area (Å²) in [5, 5.41) is 4.62. The third kappa shape index (κ3) is 8.05. The Hall–Kier alpha value is -1.80. The summed E-state index contributed by atoms with van der Waals surface area (Å²) in [6.45, 7) is 5.80. The molecule has 2 amide bonds.